The number of hydrogen-bond donors (Lipinski definition) is 1. The molecule has 1 N–H and O–H groups in total. The lowest BCUT2D eigenvalue weighted by atomic mass is 9.73. The van der Waals surface area contributed by atoms with Crippen molar-refractivity contribution in [2.24, 2.45) is 0 Å². The van der Waals surface area contributed by atoms with Crippen molar-refractivity contribution in [2.75, 3.05) is 0 Å². The first kappa shape index (κ1) is 18.5. The molecule has 1 aliphatic rings. The summed E-state index contributed by atoms with van der Waals surface area (Å²) in [6, 6.07) is 1.71. The highest BCUT2D eigenvalue weighted by molar-refractivity contribution is 6.16. The van der Waals surface area contributed by atoms with E-state index < -0.39 is 57.8 Å². The van der Waals surface area contributed by atoms with Crippen LogP contribution in [0.4, 0.5) is 30.7 Å². The van der Waals surface area contributed by atoms with E-state index in [-0.39, 0.29) is 0 Å². The molecule has 1 heterocycles. The number of pyridine rings is 1. The van der Waals surface area contributed by atoms with Crippen molar-refractivity contribution in [2.45, 2.75) is 23.8 Å². The first-order valence-corrected chi connectivity index (χ1v) is 6.92. The third-order valence-corrected chi connectivity index (χ3v) is 3.92. The molecule has 11 heteroatoms. The summed E-state index contributed by atoms with van der Waals surface area (Å²) in [6.07, 6.45) is -1.91. The SMILES string of the molecule is [B][C@@]1(O)c2c(ccc(Oc3cncc(F)c3)c2C(F)F)C(F)(F)C1(F)F. The van der Waals surface area contributed by atoms with Crippen LogP contribution in [-0.2, 0) is 11.4 Å². The smallest absolute Gasteiger partial charge is 0.338 e. The van der Waals surface area contributed by atoms with Crippen LogP contribution in [0.3, 0.4) is 0 Å². The number of nitrogens with zero attached hydrogens (tertiary/aromatic N) is 1. The molecule has 3 rings (SSSR count). The maximum atomic E-state index is 13.9. The van der Waals surface area contributed by atoms with Gasteiger partial charge in [0.25, 0.3) is 6.43 Å². The summed E-state index contributed by atoms with van der Waals surface area (Å²) in [6.45, 7) is 0. The van der Waals surface area contributed by atoms with Crippen molar-refractivity contribution in [3.63, 3.8) is 0 Å². The van der Waals surface area contributed by atoms with Crippen LogP contribution in [0.5, 0.6) is 11.5 Å². The largest absolute Gasteiger partial charge is 0.455 e. The molecule has 0 fully saturated rings. The van der Waals surface area contributed by atoms with E-state index in [4.69, 9.17) is 12.6 Å². The monoisotopic (exact) mass is 377 g/mol. The van der Waals surface area contributed by atoms with Crippen molar-refractivity contribution in [1.82, 2.24) is 4.98 Å². The highest BCUT2D eigenvalue weighted by Gasteiger charge is 2.74. The molecule has 26 heavy (non-hydrogen) atoms. The molecule has 0 bridgehead atoms. The van der Waals surface area contributed by atoms with Crippen molar-refractivity contribution in [3.8, 4) is 11.5 Å². The Morgan fingerprint density at radius 1 is 1.12 bits per heavy atom. The van der Waals surface area contributed by atoms with E-state index in [1.807, 2.05) is 0 Å². The molecule has 1 aromatic heterocycles. The van der Waals surface area contributed by atoms with E-state index in [1.165, 1.54) is 0 Å². The van der Waals surface area contributed by atoms with Crippen LogP contribution in [0, 0.1) is 5.82 Å². The fraction of sp³-hybridized carbons (Fsp3) is 0.267. The summed E-state index contributed by atoms with van der Waals surface area (Å²) in [5.41, 5.74) is -8.61. The zero-order valence-electron chi connectivity index (χ0n) is 12.5. The molecule has 1 aliphatic carbocycles. The Hall–Kier alpha value is -2.30. The first-order chi connectivity index (χ1) is 11.9. The third-order valence-electron chi connectivity index (χ3n) is 3.92. The van der Waals surface area contributed by atoms with Gasteiger partial charge in [0.15, 0.2) is 0 Å². The van der Waals surface area contributed by atoms with Crippen molar-refractivity contribution < 1.29 is 40.6 Å². The molecule has 2 radical (unpaired) electrons. The van der Waals surface area contributed by atoms with Crippen LogP contribution in [-0.4, -0.2) is 23.9 Å². The van der Waals surface area contributed by atoms with E-state index in [9.17, 15) is 35.8 Å². The predicted molar refractivity (Wildman–Crippen MR) is 74.2 cm³/mol. The topological polar surface area (TPSA) is 42.4 Å². The summed E-state index contributed by atoms with van der Waals surface area (Å²) < 4.78 is 101. The fourth-order valence-corrected chi connectivity index (χ4v) is 2.72. The molecule has 3 nitrogen and oxygen atoms in total. The summed E-state index contributed by atoms with van der Waals surface area (Å²) in [5, 5.41) is 9.76. The lowest BCUT2D eigenvalue weighted by Crippen LogP contribution is -2.49. The van der Waals surface area contributed by atoms with Gasteiger partial charge in [0.05, 0.1) is 18.0 Å². The van der Waals surface area contributed by atoms with Gasteiger partial charge in [-0.1, -0.05) is 0 Å². The zero-order valence-corrected chi connectivity index (χ0v) is 12.5. The zero-order chi connectivity index (χ0) is 19.5. The van der Waals surface area contributed by atoms with Gasteiger partial charge in [0, 0.05) is 17.2 Å². The Kier molecular flexibility index (Phi) is 3.98. The molecule has 0 spiro atoms. The van der Waals surface area contributed by atoms with E-state index in [0.29, 0.717) is 12.1 Å². The Labute approximate surface area is 142 Å². The third kappa shape index (κ3) is 2.37. The van der Waals surface area contributed by atoms with Crippen LogP contribution in [0.25, 0.3) is 0 Å². The van der Waals surface area contributed by atoms with E-state index in [1.54, 1.807) is 0 Å². The second-order valence-electron chi connectivity index (χ2n) is 5.56. The lowest BCUT2D eigenvalue weighted by Gasteiger charge is -2.30. The van der Waals surface area contributed by atoms with Crippen LogP contribution >= 0.6 is 0 Å². The minimum atomic E-state index is -5.25. The minimum Gasteiger partial charge on any atom is -0.455 e. The van der Waals surface area contributed by atoms with Crippen molar-refractivity contribution in [1.29, 1.82) is 0 Å². The average molecular weight is 377 g/mol. The van der Waals surface area contributed by atoms with Gasteiger partial charge in [-0.15, -0.1) is 0 Å². The molecular formula is C15H7BF7NO2. The van der Waals surface area contributed by atoms with Gasteiger partial charge >= 0.3 is 11.8 Å². The first-order valence-electron chi connectivity index (χ1n) is 6.92. The number of aromatic nitrogens is 1. The maximum absolute atomic E-state index is 13.9. The van der Waals surface area contributed by atoms with E-state index in [0.717, 1.165) is 18.5 Å². The standard InChI is InChI=1S/C15H7BF7NO2/c16-13(25)11-8(14(20,21)15(13,22)23)1-2-9(10(11)12(18)19)26-7-3-6(17)4-24-5-7/h1-5,12,25H/t13-/m1/s1. The number of alkyl halides is 6. The van der Waals surface area contributed by atoms with Crippen LogP contribution in [0.2, 0.25) is 0 Å². The molecule has 136 valence electrons. The Morgan fingerprint density at radius 2 is 1.77 bits per heavy atom. The molecule has 1 aromatic carbocycles. The van der Waals surface area contributed by atoms with Crippen LogP contribution < -0.4 is 4.74 Å². The summed E-state index contributed by atoms with van der Waals surface area (Å²) in [7, 11) is 4.93. The van der Waals surface area contributed by atoms with Crippen LogP contribution in [0.1, 0.15) is 23.1 Å². The number of ether oxygens (including phenoxy) is 1. The fourth-order valence-electron chi connectivity index (χ4n) is 2.72. The summed E-state index contributed by atoms with van der Waals surface area (Å²) in [5.74, 6) is -12.4. The number of aliphatic hydroxyl groups is 1. The Morgan fingerprint density at radius 3 is 2.35 bits per heavy atom. The minimum absolute atomic E-state index is 0.391. The highest BCUT2D eigenvalue weighted by Crippen LogP contribution is 2.61. The number of rotatable bonds is 3. The lowest BCUT2D eigenvalue weighted by molar-refractivity contribution is -0.260. The molecule has 1 atom stereocenters. The number of hydrogen-bond acceptors (Lipinski definition) is 3. The summed E-state index contributed by atoms with van der Waals surface area (Å²) in [4.78, 5) is 3.40. The summed E-state index contributed by atoms with van der Waals surface area (Å²) >= 11 is 0. The molecule has 0 amide bonds. The van der Waals surface area contributed by atoms with Gasteiger partial charge in [0.2, 0.25) is 0 Å². The molecule has 0 saturated heterocycles. The quantitative estimate of drug-likeness (QED) is 0.650. The van der Waals surface area contributed by atoms with Gasteiger partial charge in [-0.2, -0.15) is 17.6 Å². The van der Waals surface area contributed by atoms with E-state index in [2.05, 4.69) is 4.98 Å². The van der Waals surface area contributed by atoms with Crippen LogP contribution in [0.15, 0.2) is 30.6 Å². The predicted octanol–water partition coefficient (Wildman–Crippen LogP) is 4.00. The van der Waals surface area contributed by atoms with Crippen molar-refractivity contribution in [3.05, 3.63) is 53.1 Å². The van der Waals surface area contributed by atoms with Gasteiger partial charge in [0.1, 0.15) is 30.7 Å². The van der Waals surface area contributed by atoms with Gasteiger partial charge < -0.3 is 9.84 Å². The highest BCUT2D eigenvalue weighted by atomic mass is 19.3. The molecule has 0 unspecified atom stereocenters. The molecule has 2 aromatic rings. The molecular weight excluding hydrogens is 370 g/mol. The van der Waals surface area contributed by atoms with Gasteiger partial charge in [-0.3, -0.25) is 4.98 Å². The van der Waals surface area contributed by atoms with Gasteiger partial charge in [-0.05, 0) is 12.1 Å². The van der Waals surface area contributed by atoms with Crippen molar-refractivity contribution >= 4 is 7.85 Å². The second kappa shape index (κ2) is 5.60. The van der Waals surface area contributed by atoms with Gasteiger partial charge in [-0.25, -0.2) is 13.2 Å². The van der Waals surface area contributed by atoms with E-state index >= 15 is 0 Å². The molecule has 0 saturated carbocycles. The second-order valence-corrected chi connectivity index (χ2v) is 5.56. The Balaban J connectivity index is 2.23. The number of halogens is 7. The number of benzene rings is 1. The number of fused-ring (bicyclic) bond motifs is 1. The normalized spacial score (nSPS) is 23.1. The maximum Gasteiger partial charge on any atom is 0.338 e. The average Bonchev–Trinajstić information content (AvgIpc) is 2.63. The Bertz CT molecular complexity index is 873. The molecule has 0 aliphatic heterocycles.